The molecule has 2 aliphatic rings. The van der Waals surface area contributed by atoms with Crippen molar-refractivity contribution in [2.45, 2.75) is 173 Å². The summed E-state index contributed by atoms with van der Waals surface area (Å²) in [6.45, 7) is 12.3. The number of carbonyl (C=O) groups is 11. The standard InChI is InChI=1S/C46H73N11O14/c1-23(2)18-30(40(64)54-32(46(70)71)19-24(3)4)52-43(67)37(25(5)6)55-42(66)34-11-9-17-57(34)45(69)31(20-27-21-48-22-49-27)53-39(63)28(12-14-35(58)59)50-38(62)29(13-15-36(60)61)51-41(65)33-10-8-16-56(33)44(68)26(7)47/h21-26,28-34,37H,8-20,47H2,1-7H3,(H,48,49)(H,50,62)(H,51,65)(H,52,67)(H,53,63)(H,54,64)(H,55,66)(H,58,59)(H,60,61)(H,70,71)/t26-,28-,29-,30-,31-,32-,33-,34-,37-/m0/s1. The van der Waals surface area contributed by atoms with E-state index in [1.54, 1.807) is 27.7 Å². The molecule has 0 bridgehead atoms. The molecule has 3 heterocycles. The summed E-state index contributed by atoms with van der Waals surface area (Å²) in [5.74, 6) is -10.8. The minimum atomic E-state index is -1.66. The maximum atomic E-state index is 14.5. The van der Waals surface area contributed by atoms with Gasteiger partial charge in [-0.15, -0.1) is 0 Å². The molecule has 0 aromatic carbocycles. The smallest absolute Gasteiger partial charge is 0.326 e. The van der Waals surface area contributed by atoms with Crippen molar-refractivity contribution in [3.05, 3.63) is 18.2 Å². The predicted octanol–water partition coefficient (Wildman–Crippen LogP) is -1.25. The normalized spacial score (nSPS) is 18.6. The van der Waals surface area contributed by atoms with Crippen molar-refractivity contribution in [3.63, 3.8) is 0 Å². The molecular formula is C46H73N11O14. The van der Waals surface area contributed by atoms with Gasteiger partial charge in [0.05, 0.1) is 12.4 Å². The number of carboxylic acids is 3. The largest absolute Gasteiger partial charge is 0.481 e. The van der Waals surface area contributed by atoms with Crippen LogP contribution in [0.15, 0.2) is 12.5 Å². The molecule has 396 valence electrons. The van der Waals surface area contributed by atoms with Gasteiger partial charge in [0.2, 0.25) is 47.3 Å². The van der Waals surface area contributed by atoms with Crippen molar-refractivity contribution in [2.75, 3.05) is 13.1 Å². The number of hydrogen-bond donors (Lipinski definition) is 11. The van der Waals surface area contributed by atoms with Gasteiger partial charge in [-0.25, -0.2) is 9.78 Å². The first-order chi connectivity index (χ1) is 33.3. The van der Waals surface area contributed by atoms with E-state index in [1.807, 2.05) is 13.8 Å². The first-order valence-electron chi connectivity index (χ1n) is 24.1. The van der Waals surface area contributed by atoms with E-state index in [1.165, 1.54) is 29.2 Å². The monoisotopic (exact) mass is 1000 g/mol. The molecule has 71 heavy (non-hydrogen) atoms. The molecule has 2 fully saturated rings. The van der Waals surface area contributed by atoms with Crippen LogP contribution in [0.25, 0.3) is 0 Å². The number of imidazole rings is 1. The molecular weight excluding hydrogens is 931 g/mol. The fourth-order valence-corrected chi connectivity index (χ4v) is 8.48. The number of aliphatic carboxylic acids is 3. The maximum absolute atomic E-state index is 14.5. The van der Waals surface area contributed by atoms with Gasteiger partial charge in [0.15, 0.2) is 0 Å². The Labute approximate surface area is 412 Å². The highest BCUT2D eigenvalue weighted by Crippen LogP contribution is 2.22. The zero-order valence-corrected chi connectivity index (χ0v) is 41.5. The summed E-state index contributed by atoms with van der Waals surface area (Å²) < 4.78 is 0. The molecule has 1 aromatic heterocycles. The van der Waals surface area contributed by atoms with Crippen LogP contribution in [0.2, 0.25) is 0 Å². The van der Waals surface area contributed by atoms with Crippen LogP contribution in [-0.4, -0.2) is 168 Å². The van der Waals surface area contributed by atoms with Gasteiger partial charge in [-0.3, -0.25) is 47.9 Å². The highest BCUT2D eigenvalue weighted by molar-refractivity contribution is 5.98. The number of carboxylic acid groups (broad SMARTS) is 3. The molecule has 25 nitrogen and oxygen atoms in total. The van der Waals surface area contributed by atoms with Gasteiger partial charge >= 0.3 is 17.9 Å². The molecule has 2 aliphatic heterocycles. The van der Waals surface area contributed by atoms with Crippen LogP contribution in [0.4, 0.5) is 0 Å². The van der Waals surface area contributed by atoms with Crippen molar-refractivity contribution in [1.82, 2.24) is 51.7 Å². The molecule has 1 aromatic rings. The lowest BCUT2D eigenvalue weighted by molar-refractivity contribution is -0.143. The summed E-state index contributed by atoms with van der Waals surface area (Å²) in [4.78, 5) is 155. The minimum absolute atomic E-state index is 0.0426. The second-order valence-electron chi connectivity index (χ2n) is 19.4. The number of rotatable bonds is 28. The Kier molecular flexibility index (Phi) is 22.8. The average molecular weight is 1000 g/mol. The van der Waals surface area contributed by atoms with Gasteiger partial charge < -0.3 is 67.7 Å². The van der Waals surface area contributed by atoms with E-state index in [0.717, 1.165) is 0 Å². The lowest BCUT2D eigenvalue weighted by Crippen LogP contribution is -2.61. The number of nitrogens with one attached hydrogen (secondary N) is 7. The second-order valence-corrected chi connectivity index (χ2v) is 19.4. The van der Waals surface area contributed by atoms with Crippen molar-refractivity contribution < 1.29 is 68.1 Å². The molecule has 0 radical (unpaired) electrons. The van der Waals surface area contributed by atoms with Gasteiger partial charge in [-0.1, -0.05) is 41.5 Å². The third kappa shape index (κ3) is 18.2. The van der Waals surface area contributed by atoms with Crippen LogP contribution in [0.1, 0.15) is 118 Å². The molecule has 8 amide bonds. The van der Waals surface area contributed by atoms with Crippen LogP contribution < -0.4 is 37.6 Å². The Hall–Kier alpha value is -6.66. The van der Waals surface area contributed by atoms with E-state index in [-0.39, 0.29) is 57.0 Å². The molecule has 0 spiro atoms. The van der Waals surface area contributed by atoms with Crippen molar-refractivity contribution >= 4 is 65.2 Å². The predicted molar refractivity (Wildman–Crippen MR) is 252 cm³/mol. The Balaban J connectivity index is 1.86. The summed E-state index contributed by atoms with van der Waals surface area (Å²) in [5.41, 5.74) is 6.13. The summed E-state index contributed by atoms with van der Waals surface area (Å²) >= 11 is 0. The molecule has 2 saturated heterocycles. The van der Waals surface area contributed by atoms with Crippen molar-refractivity contribution in [1.29, 1.82) is 0 Å². The van der Waals surface area contributed by atoms with Crippen LogP contribution in [0.5, 0.6) is 0 Å². The first kappa shape index (κ1) is 58.7. The highest BCUT2D eigenvalue weighted by Gasteiger charge is 2.42. The third-order valence-corrected chi connectivity index (χ3v) is 12.1. The van der Waals surface area contributed by atoms with Crippen molar-refractivity contribution in [2.24, 2.45) is 23.5 Å². The van der Waals surface area contributed by atoms with Gasteiger partial charge in [0, 0.05) is 44.2 Å². The van der Waals surface area contributed by atoms with E-state index in [0.29, 0.717) is 18.5 Å². The summed E-state index contributed by atoms with van der Waals surface area (Å²) in [6.07, 6.45) is 1.75. The van der Waals surface area contributed by atoms with Gasteiger partial charge in [0.1, 0.15) is 48.3 Å². The lowest BCUT2D eigenvalue weighted by Gasteiger charge is -2.32. The van der Waals surface area contributed by atoms with Crippen LogP contribution in [0.3, 0.4) is 0 Å². The van der Waals surface area contributed by atoms with Crippen LogP contribution in [0, 0.1) is 17.8 Å². The minimum Gasteiger partial charge on any atom is -0.481 e. The fourth-order valence-electron chi connectivity index (χ4n) is 8.48. The van der Waals surface area contributed by atoms with Crippen LogP contribution in [-0.2, 0) is 59.2 Å². The summed E-state index contributed by atoms with van der Waals surface area (Å²) in [6, 6.07) is -11.3. The number of amides is 8. The molecule has 0 aliphatic carbocycles. The van der Waals surface area contributed by atoms with Crippen molar-refractivity contribution in [3.8, 4) is 0 Å². The molecule has 0 saturated carbocycles. The number of hydrogen-bond acceptors (Lipinski definition) is 13. The number of aromatic nitrogens is 2. The second kappa shape index (κ2) is 27.7. The Morgan fingerprint density at radius 2 is 1.07 bits per heavy atom. The highest BCUT2D eigenvalue weighted by atomic mass is 16.4. The van der Waals surface area contributed by atoms with E-state index >= 15 is 0 Å². The average Bonchev–Trinajstić information content (AvgIpc) is 4.10. The molecule has 9 atom stereocenters. The Bertz CT molecular complexity index is 2060. The lowest BCUT2D eigenvalue weighted by atomic mass is 9.98. The van der Waals surface area contributed by atoms with Crippen LogP contribution >= 0.6 is 0 Å². The number of nitrogens with two attached hydrogens (primary N) is 1. The molecule has 25 heteroatoms. The van der Waals surface area contributed by atoms with E-state index in [2.05, 4.69) is 41.9 Å². The molecule has 3 rings (SSSR count). The zero-order valence-electron chi connectivity index (χ0n) is 41.5. The maximum Gasteiger partial charge on any atom is 0.326 e. The van der Waals surface area contributed by atoms with E-state index < -0.39 is 151 Å². The summed E-state index contributed by atoms with van der Waals surface area (Å²) in [5, 5.41) is 44.2. The number of nitrogens with zero attached hydrogens (tertiary/aromatic N) is 3. The zero-order chi connectivity index (χ0) is 53.3. The Morgan fingerprint density at radius 3 is 1.54 bits per heavy atom. The van der Waals surface area contributed by atoms with Gasteiger partial charge in [-0.2, -0.15) is 0 Å². The quantitative estimate of drug-likeness (QED) is 0.0467. The molecule has 0 unspecified atom stereocenters. The Morgan fingerprint density at radius 1 is 0.620 bits per heavy atom. The topological polar surface area (TPSA) is 382 Å². The number of likely N-dealkylation sites (tertiary alicyclic amines) is 2. The van der Waals surface area contributed by atoms with E-state index in [9.17, 15) is 68.1 Å². The van der Waals surface area contributed by atoms with E-state index in [4.69, 9.17) is 5.73 Å². The number of aromatic amines is 1. The number of H-pyrrole nitrogens is 1. The van der Waals surface area contributed by atoms with Gasteiger partial charge in [-0.05, 0) is 76.0 Å². The fraction of sp³-hybridized carbons (Fsp3) is 0.696. The summed E-state index contributed by atoms with van der Waals surface area (Å²) in [7, 11) is 0. The SMILES string of the molecule is CC(C)C[C@H](NC(=O)[C@H](CC(C)C)NC(=O)[C@@H](NC(=O)[C@@H]1CCCN1C(=O)[C@H](Cc1cnc[nH]1)NC(=O)[C@H](CCC(=O)O)NC(=O)[C@H](CCC(=O)O)NC(=O)[C@@H]1CCCN1C(=O)[C@H](C)N)C(C)C)C(=O)O. The first-order valence-corrected chi connectivity index (χ1v) is 24.1. The number of carbonyl (C=O) groups excluding carboxylic acids is 8. The third-order valence-electron chi connectivity index (χ3n) is 12.1. The van der Waals surface area contributed by atoms with Gasteiger partial charge in [0.25, 0.3) is 0 Å². The molecule has 12 N–H and O–H groups in total.